The molecule has 0 amide bonds. The van der Waals surface area contributed by atoms with Gasteiger partial charge in [-0.15, -0.1) is 0 Å². The Balaban J connectivity index is 1.47. The van der Waals surface area contributed by atoms with Crippen LogP contribution in [0.15, 0.2) is 47.7 Å². The lowest BCUT2D eigenvalue weighted by Gasteiger charge is -2.16. The van der Waals surface area contributed by atoms with Crippen molar-refractivity contribution in [3.05, 3.63) is 48.3 Å². The third-order valence-corrected chi connectivity index (χ3v) is 4.17. The van der Waals surface area contributed by atoms with Crippen molar-refractivity contribution in [2.75, 3.05) is 19.6 Å². The molecule has 0 spiro atoms. The molecule has 6 heteroatoms. The molecule has 0 saturated carbocycles. The summed E-state index contributed by atoms with van der Waals surface area (Å²) in [5.74, 6) is 2.26. The van der Waals surface area contributed by atoms with Gasteiger partial charge in [-0.3, -0.25) is 9.67 Å². The summed E-state index contributed by atoms with van der Waals surface area (Å²) in [6.45, 7) is 7.47. The fourth-order valence-electron chi connectivity index (χ4n) is 2.95. The summed E-state index contributed by atoms with van der Waals surface area (Å²) in [7, 11) is 0. The molecule has 1 aromatic heterocycles. The van der Waals surface area contributed by atoms with Crippen LogP contribution < -0.4 is 15.4 Å². The van der Waals surface area contributed by atoms with Crippen LogP contribution >= 0.6 is 0 Å². The molecule has 0 aliphatic carbocycles. The van der Waals surface area contributed by atoms with Gasteiger partial charge in [0.25, 0.3) is 0 Å². The maximum absolute atomic E-state index is 5.97. The van der Waals surface area contributed by atoms with Crippen LogP contribution in [0.4, 0.5) is 0 Å². The van der Waals surface area contributed by atoms with E-state index in [1.165, 1.54) is 5.56 Å². The van der Waals surface area contributed by atoms with Gasteiger partial charge in [0.15, 0.2) is 5.96 Å². The van der Waals surface area contributed by atoms with E-state index in [4.69, 9.17) is 9.73 Å². The van der Waals surface area contributed by atoms with Crippen molar-refractivity contribution in [3.8, 4) is 5.75 Å². The van der Waals surface area contributed by atoms with Crippen molar-refractivity contribution < 1.29 is 4.74 Å². The number of fused-ring (bicyclic) bond motifs is 1. The molecule has 2 heterocycles. The number of hydrogen-bond donors (Lipinski definition) is 2. The highest BCUT2D eigenvalue weighted by atomic mass is 16.5. The van der Waals surface area contributed by atoms with Crippen LogP contribution in [0.3, 0.4) is 0 Å². The average Bonchev–Trinajstić information content (AvgIpc) is 3.26. The maximum atomic E-state index is 5.97. The van der Waals surface area contributed by atoms with Crippen LogP contribution in [0, 0.1) is 5.92 Å². The average molecular weight is 341 g/mol. The van der Waals surface area contributed by atoms with E-state index >= 15 is 0 Å². The van der Waals surface area contributed by atoms with Gasteiger partial charge < -0.3 is 15.4 Å². The number of nitrogens with one attached hydrogen (secondary N) is 2. The Morgan fingerprint density at radius 1 is 1.36 bits per heavy atom. The Labute approximate surface area is 149 Å². The predicted molar refractivity (Wildman–Crippen MR) is 99.9 cm³/mol. The largest absolute Gasteiger partial charge is 0.488 e. The molecule has 0 bridgehead atoms. The lowest BCUT2D eigenvalue weighted by molar-refractivity contribution is 0.235. The van der Waals surface area contributed by atoms with Crippen LogP contribution in [0.1, 0.15) is 19.4 Å². The second-order valence-electron chi connectivity index (χ2n) is 6.49. The molecule has 25 heavy (non-hydrogen) atoms. The Morgan fingerprint density at radius 2 is 2.24 bits per heavy atom. The van der Waals surface area contributed by atoms with Gasteiger partial charge in [-0.2, -0.15) is 5.10 Å². The fraction of sp³-hybridized carbons (Fsp3) is 0.474. The summed E-state index contributed by atoms with van der Waals surface area (Å²) in [6, 6.07) is 10.2. The van der Waals surface area contributed by atoms with Gasteiger partial charge in [0.2, 0.25) is 0 Å². The van der Waals surface area contributed by atoms with Crippen molar-refractivity contribution in [1.82, 2.24) is 20.4 Å². The molecular weight excluding hydrogens is 314 g/mol. The second-order valence-corrected chi connectivity index (χ2v) is 6.49. The van der Waals surface area contributed by atoms with Gasteiger partial charge in [0.1, 0.15) is 11.9 Å². The molecule has 0 fully saturated rings. The van der Waals surface area contributed by atoms with Crippen molar-refractivity contribution in [2.45, 2.75) is 32.9 Å². The lowest BCUT2D eigenvalue weighted by atomic mass is 10.1. The molecule has 0 saturated heterocycles. The number of guanidine groups is 1. The van der Waals surface area contributed by atoms with Crippen LogP contribution in [0.2, 0.25) is 0 Å². The smallest absolute Gasteiger partial charge is 0.191 e. The standard InChI is InChI=1S/C19H27N5O/c1-3-20-19(21-12-15(2)14-24-10-6-9-23-24)22-13-17-11-16-7-4-5-8-18(16)25-17/h4-10,15,17H,3,11-14H2,1-2H3,(H2,20,21,22). The van der Waals surface area contributed by atoms with E-state index in [1.807, 2.05) is 29.1 Å². The number of ether oxygens (including phenoxy) is 1. The van der Waals surface area contributed by atoms with Crippen LogP contribution in [0.5, 0.6) is 5.75 Å². The molecule has 1 aliphatic rings. The number of aliphatic imine (C=N–C) groups is 1. The molecule has 0 radical (unpaired) electrons. The third-order valence-electron chi connectivity index (χ3n) is 4.17. The van der Waals surface area contributed by atoms with Gasteiger partial charge >= 0.3 is 0 Å². The van der Waals surface area contributed by atoms with Crippen molar-refractivity contribution in [3.63, 3.8) is 0 Å². The zero-order valence-corrected chi connectivity index (χ0v) is 15.0. The number of rotatable bonds is 7. The quantitative estimate of drug-likeness (QED) is 0.598. The molecule has 2 unspecified atom stereocenters. The Bertz CT molecular complexity index is 658. The van der Waals surface area contributed by atoms with Crippen LogP contribution in [-0.4, -0.2) is 41.5 Å². The first-order valence-corrected chi connectivity index (χ1v) is 8.98. The number of nitrogens with zero attached hydrogens (tertiary/aromatic N) is 3. The topological polar surface area (TPSA) is 63.5 Å². The molecule has 6 nitrogen and oxygen atoms in total. The number of hydrogen-bond acceptors (Lipinski definition) is 3. The monoisotopic (exact) mass is 341 g/mol. The summed E-state index contributed by atoms with van der Waals surface area (Å²) in [6.07, 6.45) is 4.89. The molecule has 134 valence electrons. The molecule has 2 N–H and O–H groups in total. The first-order chi connectivity index (χ1) is 12.2. The SMILES string of the molecule is CCNC(=NCC(C)Cn1cccn1)NCC1Cc2ccccc2O1. The van der Waals surface area contributed by atoms with E-state index in [0.717, 1.165) is 44.3 Å². The van der Waals surface area contributed by atoms with E-state index in [2.05, 4.69) is 41.7 Å². The molecule has 2 aromatic rings. The predicted octanol–water partition coefficient (Wildman–Crippen LogP) is 2.08. The lowest BCUT2D eigenvalue weighted by Crippen LogP contribution is -2.42. The van der Waals surface area contributed by atoms with Crippen molar-refractivity contribution >= 4 is 5.96 Å². The number of aromatic nitrogens is 2. The Morgan fingerprint density at radius 3 is 3.00 bits per heavy atom. The summed E-state index contributed by atoms with van der Waals surface area (Å²) in [4.78, 5) is 4.70. The second kappa shape index (κ2) is 8.55. The molecule has 1 aliphatic heterocycles. The number of para-hydroxylation sites is 1. The van der Waals surface area contributed by atoms with Gasteiger partial charge in [-0.25, -0.2) is 0 Å². The highest BCUT2D eigenvalue weighted by Crippen LogP contribution is 2.27. The van der Waals surface area contributed by atoms with Gasteiger partial charge in [0.05, 0.1) is 6.54 Å². The van der Waals surface area contributed by atoms with E-state index in [1.54, 1.807) is 6.20 Å². The van der Waals surface area contributed by atoms with Gasteiger partial charge in [0, 0.05) is 38.4 Å². The first kappa shape index (κ1) is 17.3. The van der Waals surface area contributed by atoms with Crippen LogP contribution in [0.25, 0.3) is 0 Å². The fourth-order valence-corrected chi connectivity index (χ4v) is 2.95. The molecule has 2 atom stereocenters. The minimum atomic E-state index is 0.155. The van der Waals surface area contributed by atoms with E-state index < -0.39 is 0 Å². The summed E-state index contributed by atoms with van der Waals surface area (Å²) >= 11 is 0. The Kier molecular flexibility index (Phi) is 5.93. The third kappa shape index (κ3) is 4.98. The van der Waals surface area contributed by atoms with E-state index in [9.17, 15) is 0 Å². The van der Waals surface area contributed by atoms with Gasteiger partial charge in [-0.1, -0.05) is 25.1 Å². The summed E-state index contributed by atoms with van der Waals surface area (Å²) < 4.78 is 7.92. The molecular formula is C19H27N5O. The highest BCUT2D eigenvalue weighted by molar-refractivity contribution is 5.79. The van der Waals surface area contributed by atoms with Crippen LogP contribution in [-0.2, 0) is 13.0 Å². The molecule has 1 aromatic carbocycles. The van der Waals surface area contributed by atoms with E-state index in [0.29, 0.717) is 5.92 Å². The normalized spacial score (nSPS) is 17.7. The highest BCUT2D eigenvalue weighted by Gasteiger charge is 2.22. The van der Waals surface area contributed by atoms with Crippen molar-refractivity contribution in [1.29, 1.82) is 0 Å². The summed E-state index contributed by atoms with van der Waals surface area (Å²) in [5, 5.41) is 11.0. The maximum Gasteiger partial charge on any atom is 0.191 e. The zero-order valence-electron chi connectivity index (χ0n) is 15.0. The first-order valence-electron chi connectivity index (χ1n) is 8.98. The zero-order chi connectivity index (χ0) is 17.5. The van der Waals surface area contributed by atoms with Crippen molar-refractivity contribution in [2.24, 2.45) is 10.9 Å². The summed E-state index contributed by atoms with van der Waals surface area (Å²) in [5.41, 5.74) is 1.28. The minimum Gasteiger partial charge on any atom is -0.488 e. The van der Waals surface area contributed by atoms with Gasteiger partial charge in [-0.05, 0) is 30.5 Å². The van der Waals surface area contributed by atoms with E-state index in [-0.39, 0.29) is 6.10 Å². The number of benzene rings is 1. The minimum absolute atomic E-state index is 0.155. The Hall–Kier alpha value is -2.50. The molecule has 3 rings (SSSR count).